The Hall–Kier alpha value is -1.70. The monoisotopic (exact) mass is 302 g/mol. The van der Waals surface area contributed by atoms with Gasteiger partial charge in [-0.3, -0.25) is 10.00 Å². The predicted molar refractivity (Wildman–Crippen MR) is 73.4 cm³/mol. The van der Waals surface area contributed by atoms with E-state index in [0.717, 1.165) is 30.6 Å². The molecule has 1 aromatic rings. The lowest BCUT2D eigenvalue weighted by molar-refractivity contribution is 0.0804. The number of aromatic nitrogens is 2. The molecular formula is C13H20F2N4O2. The smallest absolute Gasteiger partial charge is 0.320 e. The number of nitrogens with zero attached hydrogens (tertiary/aromatic N) is 2. The van der Waals surface area contributed by atoms with E-state index in [1.165, 1.54) is 12.3 Å². The molecule has 6 nitrogen and oxygen atoms in total. The van der Waals surface area contributed by atoms with Crippen molar-refractivity contribution in [2.45, 2.75) is 51.3 Å². The van der Waals surface area contributed by atoms with Crippen LogP contribution < -0.4 is 10.6 Å². The van der Waals surface area contributed by atoms with Gasteiger partial charge in [0.1, 0.15) is 6.54 Å². The zero-order chi connectivity index (χ0) is 15.2. The van der Waals surface area contributed by atoms with Crippen LogP contribution in [0.2, 0.25) is 0 Å². The quantitative estimate of drug-likeness (QED) is 0.846. The molecule has 0 aromatic carbocycles. The second-order valence-electron chi connectivity index (χ2n) is 4.98. The van der Waals surface area contributed by atoms with Crippen LogP contribution >= 0.6 is 0 Å². The third-order valence-electron chi connectivity index (χ3n) is 3.38. The lowest BCUT2D eigenvalue weighted by atomic mass is 10.1. The summed E-state index contributed by atoms with van der Waals surface area (Å²) in [5, 5.41) is 9.23. The highest BCUT2D eigenvalue weighted by Crippen LogP contribution is 2.17. The van der Waals surface area contributed by atoms with Crippen molar-refractivity contribution >= 4 is 11.8 Å². The van der Waals surface area contributed by atoms with Gasteiger partial charge in [0.25, 0.3) is 6.43 Å². The number of alkyl halides is 2. The lowest BCUT2D eigenvalue weighted by Gasteiger charge is -2.22. The van der Waals surface area contributed by atoms with E-state index in [4.69, 9.17) is 4.74 Å². The van der Waals surface area contributed by atoms with Crippen molar-refractivity contribution in [1.29, 1.82) is 0 Å². The van der Waals surface area contributed by atoms with E-state index in [1.807, 2.05) is 6.92 Å². The molecule has 118 valence electrons. The second-order valence-corrected chi connectivity index (χ2v) is 4.98. The maximum absolute atomic E-state index is 12.2. The Morgan fingerprint density at radius 1 is 1.62 bits per heavy atom. The number of rotatable bonds is 6. The van der Waals surface area contributed by atoms with Crippen LogP contribution in [0, 0.1) is 0 Å². The molecule has 1 aliphatic rings. The Bertz CT molecular complexity index is 461. The van der Waals surface area contributed by atoms with Gasteiger partial charge in [0.2, 0.25) is 0 Å². The van der Waals surface area contributed by atoms with Crippen LogP contribution in [0.3, 0.4) is 0 Å². The van der Waals surface area contributed by atoms with Gasteiger partial charge in [0.15, 0.2) is 5.82 Å². The van der Waals surface area contributed by atoms with Crippen molar-refractivity contribution < 1.29 is 18.3 Å². The van der Waals surface area contributed by atoms with Gasteiger partial charge in [-0.1, -0.05) is 6.92 Å². The minimum atomic E-state index is -2.48. The number of hydrogen-bond donors (Lipinski definition) is 2. The molecule has 0 saturated carbocycles. The van der Waals surface area contributed by atoms with E-state index < -0.39 is 19.0 Å². The number of carbonyl (C=O) groups excluding carboxylic acids is 1. The minimum Gasteiger partial charge on any atom is -0.376 e. The summed E-state index contributed by atoms with van der Waals surface area (Å²) in [6.07, 6.45) is 1.66. The summed E-state index contributed by atoms with van der Waals surface area (Å²) < 4.78 is 31.1. The fourth-order valence-electron chi connectivity index (χ4n) is 2.37. The molecule has 1 saturated heterocycles. The predicted octanol–water partition coefficient (Wildman–Crippen LogP) is 2.23. The van der Waals surface area contributed by atoms with E-state index in [2.05, 4.69) is 15.7 Å². The molecular weight excluding hydrogens is 282 g/mol. The standard InChI is InChI=1S/C13H20F2N4O2/c1-2-9(10-4-3-7-21-10)16-13(20)17-12-5-6-19(18-12)8-11(14)15/h5-6,9-11H,2-4,7-8H2,1H3,(H2,16,17,18,20)/t9-,10-/m0/s1. The molecule has 2 heterocycles. The van der Waals surface area contributed by atoms with Crippen LogP contribution in [-0.4, -0.2) is 41.0 Å². The van der Waals surface area contributed by atoms with Gasteiger partial charge in [-0.05, 0) is 19.3 Å². The van der Waals surface area contributed by atoms with Gasteiger partial charge in [0.05, 0.1) is 12.1 Å². The largest absolute Gasteiger partial charge is 0.376 e. The first-order valence-corrected chi connectivity index (χ1v) is 7.09. The number of amides is 2. The van der Waals surface area contributed by atoms with Crippen LogP contribution in [0.5, 0.6) is 0 Å². The molecule has 0 bridgehead atoms. The molecule has 8 heteroatoms. The normalized spacial score (nSPS) is 19.7. The molecule has 21 heavy (non-hydrogen) atoms. The highest BCUT2D eigenvalue weighted by molar-refractivity contribution is 5.88. The molecule has 1 aliphatic heterocycles. The van der Waals surface area contributed by atoms with Crippen molar-refractivity contribution in [1.82, 2.24) is 15.1 Å². The van der Waals surface area contributed by atoms with E-state index in [-0.39, 0.29) is 18.0 Å². The summed E-state index contributed by atoms with van der Waals surface area (Å²) in [5.74, 6) is 0.246. The topological polar surface area (TPSA) is 68.2 Å². The number of anilines is 1. The number of nitrogens with one attached hydrogen (secondary N) is 2. The minimum absolute atomic E-state index is 0.0390. The number of carbonyl (C=O) groups is 1. The molecule has 0 radical (unpaired) electrons. The van der Waals surface area contributed by atoms with Crippen LogP contribution in [0.25, 0.3) is 0 Å². The average Bonchev–Trinajstić information content (AvgIpc) is 3.07. The number of halogens is 2. The Balaban J connectivity index is 1.84. The van der Waals surface area contributed by atoms with Gasteiger partial charge in [0, 0.05) is 18.9 Å². The van der Waals surface area contributed by atoms with E-state index in [0.29, 0.717) is 0 Å². The summed E-state index contributed by atoms with van der Waals surface area (Å²) in [6.45, 7) is 2.21. The maximum Gasteiger partial charge on any atom is 0.320 e. The zero-order valence-electron chi connectivity index (χ0n) is 11.9. The summed E-state index contributed by atoms with van der Waals surface area (Å²) in [4.78, 5) is 11.9. The molecule has 1 aromatic heterocycles. The molecule has 2 amide bonds. The van der Waals surface area contributed by atoms with E-state index in [9.17, 15) is 13.6 Å². The molecule has 2 rings (SSSR count). The van der Waals surface area contributed by atoms with Crippen LogP contribution in [0.4, 0.5) is 19.4 Å². The fourth-order valence-corrected chi connectivity index (χ4v) is 2.37. The van der Waals surface area contributed by atoms with Gasteiger partial charge in [-0.15, -0.1) is 0 Å². The van der Waals surface area contributed by atoms with Gasteiger partial charge in [-0.25, -0.2) is 13.6 Å². The summed E-state index contributed by atoms with van der Waals surface area (Å²) in [7, 11) is 0. The molecule has 0 unspecified atom stereocenters. The SMILES string of the molecule is CC[C@H](NC(=O)Nc1ccn(CC(F)F)n1)[C@@H]1CCCO1. The van der Waals surface area contributed by atoms with Crippen molar-refractivity contribution in [3.05, 3.63) is 12.3 Å². The van der Waals surface area contributed by atoms with E-state index >= 15 is 0 Å². The Morgan fingerprint density at radius 3 is 3.05 bits per heavy atom. The van der Waals surface area contributed by atoms with Crippen molar-refractivity contribution in [3.8, 4) is 0 Å². The summed E-state index contributed by atoms with van der Waals surface area (Å²) >= 11 is 0. The maximum atomic E-state index is 12.2. The Kier molecular flexibility index (Phi) is 5.49. The lowest BCUT2D eigenvalue weighted by Crippen LogP contribution is -2.44. The van der Waals surface area contributed by atoms with Gasteiger partial charge in [-0.2, -0.15) is 5.10 Å². The average molecular weight is 302 g/mol. The second kappa shape index (κ2) is 7.35. The third kappa shape index (κ3) is 4.66. The molecule has 2 atom stereocenters. The Morgan fingerprint density at radius 2 is 2.43 bits per heavy atom. The van der Waals surface area contributed by atoms with Crippen molar-refractivity contribution in [2.24, 2.45) is 0 Å². The highest BCUT2D eigenvalue weighted by Gasteiger charge is 2.26. The third-order valence-corrected chi connectivity index (χ3v) is 3.38. The van der Waals surface area contributed by atoms with E-state index in [1.54, 1.807) is 0 Å². The summed E-state index contributed by atoms with van der Waals surface area (Å²) in [5.41, 5.74) is 0. The first-order chi connectivity index (χ1) is 10.1. The number of hydrogen-bond acceptors (Lipinski definition) is 3. The van der Waals surface area contributed by atoms with Crippen LogP contribution in [0.1, 0.15) is 26.2 Å². The molecule has 2 N–H and O–H groups in total. The highest BCUT2D eigenvalue weighted by atomic mass is 19.3. The summed E-state index contributed by atoms with van der Waals surface area (Å²) in [6, 6.07) is 1.02. The molecule has 1 fully saturated rings. The first kappa shape index (κ1) is 15.7. The van der Waals surface area contributed by atoms with Gasteiger partial charge < -0.3 is 10.1 Å². The number of ether oxygens (including phenoxy) is 1. The van der Waals surface area contributed by atoms with Crippen molar-refractivity contribution in [2.75, 3.05) is 11.9 Å². The van der Waals surface area contributed by atoms with Gasteiger partial charge >= 0.3 is 6.03 Å². The number of urea groups is 1. The van der Waals surface area contributed by atoms with Crippen LogP contribution in [-0.2, 0) is 11.3 Å². The van der Waals surface area contributed by atoms with Crippen molar-refractivity contribution in [3.63, 3.8) is 0 Å². The Labute approximate surface area is 121 Å². The molecule has 0 spiro atoms. The fraction of sp³-hybridized carbons (Fsp3) is 0.692. The zero-order valence-corrected chi connectivity index (χ0v) is 11.9. The molecule has 0 aliphatic carbocycles. The first-order valence-electron chi connectivity index (χ1n) is 7.09. The van der Waals surface area contributed by atoms with Crippen LogP contribution in [0.15, 0.2) is 12.3 Å².